The van der Waals surface area contributed by atoms with Gasteiger partial charge in [0.1, 0.15) is 24.2 Å². The first-order chi connectivity index (χ1) is 28.7. The number of pyridine rings is 1. The van der Waals surface area contributed by atoms with Crippen molar-refractivity contribution in [3.05, 3.63) is 141 Å². The third-order valence-corrected chi connectivity index (χ3v) is 11.3. The van der Waals surface area contributed by atoms with E-state index >= 15 is 0 Å². The van der Waals surface area contributed by atoms with Crippen LogP contribution in [0.4, 0.5) is 4.79 Å². The molecule has 310 valence electrons. The molecule has 0 radical (unpaired) electrons. The summed E-state index contributed by atoms with van der Waals surface area (Å²) in [6.07, 6.45) is 1.37. The van der Waals surface area contributed by atoms with E-state index in [1.165, 1.54) is 12.1 Å². The maximum Gasteiger partial charge on any atom is 0.408 e. The first-order valence-electron chi connectivity index (χ1n) is 20.3. The van der Waals surface area contributed by atoms with Gasteiger partial charge in [0.15, 0.2) is 0 Å². The van der Waals surface area contributed by atoms with Crippen LogP contribution in [0.1, 0.15) is 64.0 Å². The number of phenolic OH excluding ortho intramolecular Hbond substituents is 1. The van der Waals surface area contributed by atoms with Crippen LogP contribution in [0, 0.1) is 5.92 Å². The molecule has 3 atom stereocenters. The molecule has 2 amide bonds. The summed E-state index contributed by atoms with van der Waals surface area (Å²) >= 11 is 0. The lowest BCUT2D eigenvalue weighted by atomic mass is 9.86. The first kappa shape index (κ1) is 41.4. The normalized spacial score (nSPS) is 18.2. The zero-order chi connectivity index (χ0) is 41.1. The van der Waals surface area contributed by atoms with E-state index in [0.717, 1.165) is 49.2 Å². The van der Waals surface area contributed by atoms with Gasteiger partial charge in [-0.3, -0.25) is 14.5 Å². The Balaban J connectivity index is 0.914. The minimum Gasteiger partial charge on any atom is -0.506 e. The van der Waals surface area contributed by atoms with E-state index in [1.54, 1.807) is 36.3 Å². The van der Waals surface area contributed by atoms with E-state index in [-0.39, 0.29) is 42.0 Å². The number of H-pyrrole nitrogens is 1. The standard InChI is InChI=1S/C46H53N5O8/c1-57-26-25-51(22-6-21-47-28-40(53)37-15-17-39(52)44-38(37)16-18-42(54)48-44)45(55)34-13-11-31(12-14-34)30-58-36-10-5-9-35(27-36)43(33-7-3-2-4-8-33)49-46(56)59-41-29-50-23-19-32(41)20-24-50/h2-5,7-18,27,32,40-41,43,47,52-53H,6,19-26,28-30H2,1H3,(H,48,54)(H,49,56)/t40?,41?,43-/m0/s1. The number of carbonyl (C=O) groups excluding carboxylic acids is 2. The molecule has 5 N–H and O–H groups in total. The van der Waals surface area contributed by atoms with Gasteiger partial charge in [0, 0.05) is 50.3 Å². The lowest BCUT2D eigenvalue weighted by molar-refractivity contribution is -0.0336. The molecule has 0 saturated carbocycles. The zero-order valence-corrected chi connectivity index (χ0v) is 33.3. The van der Waals surface area contributed by atoms with Crippen molar-refractivity contribution in [2.24, 2.45) is 5.92 Å². The second kappa shape index (κ2) is 19.8. The quantitative estimate of drug-likeness (QED) is 0.0713. The molecule has 4 aromatic carbocycles. The molecule has 13 nitrogen and oxygen atoms in total. The summed E-state index contributed by atoms with van der Waals surface area (Å²) in [5.74, 6) is 0.889. The minimum atomic E-state index is -0.875. The van der Waals surface area contributed by atoms with Crippen LogP contribution in [0.3, 0.4) is 0 Å². The van der Waals surface area contributed by atoms with Crippen molar-refractivity contribution in [3.8, 4) is 11.5 Å². The summed E-state index contributed by atoms with van der Waals surface area (Å²) in [6, 6.07) is 30.5. The third-order valence-electron chi connectivity index (χ3n) is 11.3. The van der Waals surface area contributed by atoms with Gasteiger partial charge in [0.25, 0.3) is 5.91 Å². The molecule has 3 aliphatic heterocycles. The highest BCUT2D eigenvalue weighted by Gasteiger charge is 2.37. The number of alkyl carbamates (subject to hydrolysis) is 1. The molecule has 2 unspecified atom stereocenters. The van der Waals surface area contributed by atoms with Crippen LogP contribution in [0.15, 0.2) is 108 Å². The molecule has 4 heterocycles. The number of aromatic amines is 1. The number of rotatable bonds is 18. The summed E-state index contributed by atoms with van der Waals surface area (Å²) in [6.45, 7) is 5.31. The van der Waals surface area contributed by atoms with Crippen molar-refractivity contribution in [1.82, 2.24) is 25.4 Å². The topological polar surface area (TPSA) is 166 Å². The van der Waals surface area contributed by atoms with E-state index in [0.29, 0.717) is 60.8 Å². The molecule has 0 spiro atoms. The lowest BCUT2D eigenvalue weighted by Gasteiger charge is -2.43. The second-order valence-corrected chi connectivity index (χ2v) is 15.3. The second-order valence-electron chi connectivity index (χ2n) is 15.3. The Morgan fingerprint density at radius 1 is 0.932 bits per heavy atom. The number of phenols is 1. The molecule has 3 fully saturated rings. The average Bonchev–Trinajstić information content (AvgIpc) is 3.26. The molecule has 5 aromatic rings. The Kier molecular flexibility index (Phi) is 13.9. The molecule has 8 rings (SSSR count). The highest BCUT2D eigenvalue weighted by molar-refractivity contribution is 5.94. The van der Waals surface area contributed by atoms with Crippen LogP contribution in [0.5, 0.6) is 11.5 Å². The number of fused-ring (bicyclic) bond motifs is 4. The number of aromatic hydroxyl groups is 1. The van der Waals surface area contributed by atoms with Crippen molar-refractivity contribution in [2.45, 2.75) is 44.1 Å². The first-order valence-corrected chi connectivity index (χ1v) is 20.3. The van der Waals surface area contributed by atoms with E-state index in [4.69, 9.17) is 14.2 Å². The third kappa shape index (κ3) is 10.7. The number of nitrogens with one attached hydrogen (secondary N) is 3. The maximum absolute atomic E-state index is 13.6. The molecule has 59 heavy (non-hydrogen) atoms. The largest absolute Gasteiger partial charge is 0.506 e. The summed E-state index contributed by atoms with van der Waals surface area (Å²) in [5, 5.41) is 28.0. The lowest BCUT2D eigenvalue weighted by Crippen LogP contribution is -2.52. The van der Waals surface area contributed by atoms with Crippen molar-refractivity contribution < 1.29 is 34.0 Å². The molecule has 2 bridgehead atoms. The molecule has 3 saturated heterocycles. The van der Waals surface area contributed by atoms with Gasteiger partial charge < -0.3 is 44.9 Å². The number of hydrogen-bond acceptors (Lipinski definition) is 10. The number of aliphatic hydroxyl groups excluding tert-OH is 1. The zero-order valence-electron chi connectivity index (χ0n) is 33.3. The van der Waals surface area contributed by atoms with Crippen LogP contribution < -0.4 is 20.9 Å². The highest BCUT2D eigenvalue weighted by Crippen LogP contribution is 2.31. The molecule has 13 heteroatoms. The highest BCUT2D eigenvalue weighted by atomic mass is 16.6. The van der Waals surface area contributed by atoms with Crippen molar-refractivity contribution >= 4 is 22.9 Å². The summed E-state index contributed by atoms with van der Waals surface area (Å²) in [5.41, 5.74) is 3.78. The number of amides is 2. The molecular formula is C46H53N5O8. The number of methoxy groups -OCH3 is 1. The van der Waals surface area contributed by atoms with Gasteiger partial charge in [-0.05, 0) is 103 Å². The maximum atomic E-state index is 13.6. The van der Waals surface area contributed by atoms with Gasteiger partial charge >= 0.3 is 6.09 Å². The van der Waals surface area contributed by atoms with Crippen LogP contribution in [-0.2, 0) is 16.1 Å². The van der Waals surface area contributed by atoms with Crippen molar-refractivity contribution in [2.75, 3.05) is 59.5 Å². The fourth-order valence-corrected chi connectivity index (χ4v) is 8.02. The number of aromatic nitrogens is 1. The molecule has 1 aromatic heterocycles. The Bertz CT molecular complexity index is 2230. The SMILES string of the molecule is COCCN(CCCNCC(O)c1ccc(O)c2[nH]c(=O)ccc12)C(=O)c1ccc(COc2cccc([C@@H](NC(=O)OC3CN4CCC3CC4)c3ccccc3)c2)cc1. The summed E-state index contributed by atoms with van der Waals surface area (Å²) in [7, 11) is 1.60. The van der Waals surface area contributed by atoms with E-state index in [9.17, 15) is 24.6 Å². The average molecular weight is 804 g/mol. The van der Waals surface area contributed by atoms with E-state index in [2.05, 4.69) is 20.5 Å². The number of piperidine rings is 3. The van der Waals surface area contributed by atoms with Gasteiger partial charge in [0.05, 0.1) is 24.3 Å². The van der Waals surface area contributed by atoms with Crippen LogP contribution in [0.25, 0.3) is 10.9 Å². The van der Waals surface area contributed by atoms with Gasteiger partial charge in [-0.1, -0.05) is 60.7 Å². The van der Waals surface area contributed by atoms with Gasteiger partial charge in [-0.15, -0.1) is 0 Å². The number of hydrogen-bond donors (Lipinski definition) is 5. The summed E-state index contributed by atoms with van der Waals surface area (Å²) in [4.78, 5) is 45.4. The Morgan fingerprint density at radius 2 is 1.71 bits per heavy atom. The number of carbonyl (C=O) groups is 2. The van der Waals surface area contributed by atoms with Crippen LogP contribution in [0.2, 0.25) is 0 Å². The Hall–Kier alpha value is -5.73. The number of benzene rings is 4. The minimum absolute atomic E-state index is 0.0613. The van der Waals surface area contributed by atoms with Crippen molar-refractivity contribution in [3.63, 3.8) is 0 Å². The summed E-state index contributed by atoms with van der Waals surface area (Å²) < 4.78 is 17.5. The van der Waals surface area contributed by atoms with Crippen LogP contribution >= 0.6 is 0 Å². The molecule has 0 aliphatic carbocycles. The van der Waals surface area contributed by atoms with E-state index < -0.39 is 18.2 Å². The fourth-order valence-electron chi connectivity index (χ4n) is 8.02. The molecule has 3 aliphatic rings. The van der Waals surface area contributed by atoms with Gasteiger partial charge in [-0.25, -0.2) is 4.79 Å². The van der Waals surface area contributed by atoms with Gasteiger partial charge in [-0.2, -0.15) is 0 Å². The van der Waals surface area contributed by atoms with E-state index in [1.807, 2.05) is 66.7 Å². The van der Waals surface area contributed by atoms with Crippen molar-refractivity contribution in [1.29, 1.82) is 0 Å². The fraction of sp³-hybridized carbons (Fsp3) is 0.370. The monoisotopic (exact) mass is 803 g/mol. The molecular weight excluding hydrogens is 751 g/mol. The van der Waals surface area contributed by atoms with Crippen LogP contribution in [-0.4, -0.2) is 103 Å². The number of aliphatic hydroxyl groups is 1. The Labute approximate surface area is 343 Å². The predicted octanol–water partition coefficient (Wildman–Crippen LogP) is 5.52. The number of nitrogens with zero attached hydrogens (tertiary/aromatic N) is 2. The van der Waals surface area contributed by atoms with Gasteiger partial charge in [0.2, 0.25) is 5.56 Å². The number of ether oxygens (including phenoxy) is 3. The smallest absolute Gasteiger partial charge is 0.408 e. The predicted molar refractivity (Wildman–Crippen MR) is 225 cm³/mol. The Morgan fingerprint density at radius 3 is 2.46 bits per heavy atom.